The van der Waals surface area contributed by atoms with Crippen molar-refractivity contribution in [3.8, 4) is 0 Å². The Hall–Kier alpha value is -1.58. The summed E-state index contributed by atoms with van der Waals surface area (Å²) in [6.45, 7) is 2.78. The second-order valence-corrected chi connectivity index (χ2v) is 10.3. The van der Waals surface area contributed by atoms with Gasteiger partial charge in [-0.1, -0.05) is 17.7 Å². The van der Waals surface area contributed by atoms with E-state index in [9.17, 15) is 13.2 Å². The Kier molecular flexibility index (Phi) is 7.59. The van der Waals surface area contributed by atoms with Crippen LogP contribution in [-0.2, 0) is 10.0 Å². The summed E-state index contributed by atoms with van der Waals surface area (Å²) in [5.74, 6) is 0.421. The van der Waals surface area contributed by atoms with E-state index in [1.807, 2.05) is 31.3 Å². The van der Waals surface area contributed by atoms with Crippen LogP contribution in [0.5, 0.6) is 0 Å². The molecule has 2 aromatic rings. The molecule has 29 heavy (non-hydrogen) atoms. The van der Waals surface area contributed by atoms with Gasteiger partial charge in [-0.25, -0.2) is 8.42 Å². The van der Waals surface area contributed by atoms with Crippen LogP contribution < -0.4 is 5.32 Å². The van der Waals surface area contributed by atoms with Crippen molar-refractivity contribution in [3.63, 3.8) is 0 Å². The SMILES string of the molecule is CN1CCN(S(=O)(=O)c2cccc(C(=O)NCCSc3ccc(Cl)cc3)c2)CC1. The largest absolute Gasteiger partial charge is 0.351 e. The summed E-state index contributed by atoms with van der Waals surface area (Å²) in [6.07, 6.45) is 0. The molecule has 0 spiro atoms. The molecule has 6 nitrogen and oxygen atoms in total. The Morgan fingerprint density at radius 3 is 2.48 bits per heavy atom. The van der Waals surface area contributed by atoms with Crippen molar-refractivity contribution in [1.82, 2.24) is 14.5 Å². The van der Waals surface area contributed by atoms with E-state index in [2.05, 4.69) is 10.2 Å². The van der Waals surface area contributed by atoms with Gasteiger partial charge in [-0.05, 0) is 49.5 Å². The van der Waals surface area contributed by atoms with Crippen LogP contribution in [0.1, 0.15) is 10.4 Å². The normalized spacial score (nSPS) is 15.9. The summed E-state index contributed by atoms with van der Waals surface area (Å²) in [4.78, 5) is 15.8. The molecular weight excluding hydrogens is 430 g/mol. The molecule has 3 rings (SSSR count). The number of hydrogen-bond donors (Lipinski definition) is 1. The van der Waals surface area contributed by atoms with Crippen molar-refractivity contribution < 1.29 is 13.2 Å². The van der Waals surface area contributed by atoms with Crippen molar-refractivity contribution in [3.05, 3.63) is 59.1 Å². The monoisotopic (exact) mass is 453 g/mol. The average Bonchev–Trinajstić information content (AvgIpc) is 2.73. The number of nitrogens with zero attached hydrogens (tertiary/aromatic N) is 2. The van der Waals surface area contributed by atoms with E-state index in [4.69, 9.17) is 11.6 Å². The predicted octanol–water partition coefficient (Wildman–Crippen LogP) is 2.80. The molecule has 0 radical (unpaired) electrons. The highest BCUT2D eigenvalue weighted by Gasteiger charge is 2.27. The lowest BCUT2D eigenvalue weighted by Crippen LogP contribution is -2.47. The first-order chi connectivity index (χ1) is 13.9. The van der Waals surface area contributed by atoms with E-state index in [1.54, 1.807) is 30.0 Å². The van der Waals surface area contributed by atoms with Crippen molar-refractivity contribution in [2.45, 2.75) is 9.79 Å². The molecule has 1 amide bonds. The first-order valence-corrected chi connectivity index (χ1v) is 12.1. The average molecular weight is 454 g/mol. The Balaban J connectivity index is 1.56. The maximum Gasteiger partial charge on any atom is 0.251 e. The number of carbonyl (C=O) groups excluding carboxylic acids is 1. The lowest BCUT2D eigenvalue weighted by atomic mass is 10.2. The molecule has 1 aliphatic heterocycles. The van der Waals surface area contributed by atoms with E-state index in [1.165, 1.54) is 10.4 Å². The number of nitrogens with one attached hydrogen (secondary N) is 1. The van der Waals surface area contributed by atoms with Gasteiger partial charge in [-0.2, -0.15) is 4.31 Å². The van der Waals surface area contributed by atoms with E-state index in [0.717, 1.165) is 4.90 Å². The second kappa shape index (κ2) is 9.95. The smallest absolute Gasteiger partial charge is 0.251 e. The zero-order valence-electron chi connectivity index (χ0n) is 16.2. The lowest BCUT2D eigenvalue weighted by molar-refractivity contribution is 0.0956. The van der Waals surface area contributed by atoms with Gasteiger partial charge in [-0.15, -0.1) is 11.8 Å². The van der Waals surface area contributed by atoms with E-state index in [0.29, 0.717) is 49.1 Å². The third-order valence-electron chi connectivity index (χ3n) is 4.67. The number of benzene rings is 2. The molecule has 0 saturated carbocycles. The number of amides is 1. The first-order valence-electron chi connectivity index (χ1n) is 9.31. The van der Waals surface area contributed by atoms with Crippen molar-refractivity contribution in [2.24, 2.45) is 0 Å². The molecule has 1 heterocycles. The standard InChI is InChI=1S/C20H24ClN3O3S2/c1-23-10-12-24(13-11-23)29(26,27)19-4-2-3-16(15-19)20(25)22-9-14-28-18-7-5-17(21)6-8-18/h2-8,15H,9-14H2,1H3,(H,22,25). The Bertz CT molecular complexity index is 944. The summed E-state index contributed by atoms with van der Waals surface area (Å²) in [5, 5.41) is 3.53. The van der Waals surface area contributed by atoms with Gasteiger partial charge in [0.2, 0.25) is 10.0 Å². The second-order valence-electron chi connectivity index (χ2n) is 6.79. The van der Waals surface area contributed by atoms with Crippen LogP contribution >= 0.6 is 23.4 Å². The molecule has 2 aromatic carbocycles. The molecule has 1 aliphatic rings. The van der Waals surface area contributed by atoms with Gasteiger partial charge < -0.3 is 10.2 Å². The topological polar surface area (TPSA) is 69.7 Å². The number of carbonyl (C=O) groups is 1. The number of hydrogen-bond acceptors (Lipinski definition) is 5. The zero-order chi connectivity index (χ0) is 20.9. The Morgan fingerprint density at radius 2 is 1.79 bits per heavy atom. The molecule has 0 bridgehead atoms. The van der Waals surface area contributed by atoms with Gasteiger partial charge in [0, 0.05) is 54.0 Å². The lowest BCUT2D eigenvalue weighted by Gasteiger charge is -2.31. The van der Waals surface area contributed by atoms with Gasteiger partial charge in [0.1, 0.15) is 0 Å². The fourth-order valence-electron chi connectivity index (χ4n) is 2.94. The van der Waals surface area contributed by atoms with Gasteiger partial charge in [0.15, 0.2) is 0 Å². The van der Waals surface area contributed by atoms with Crippen LogP contribution in [0.15, 0.2) is 58.3 Å². The Morgan fingerprint density at radius 1 is 1.10 bits per heavy atom. The summed E-state index contributed by atoms with van der Waals surface area (Å²) >= 11 is 7.48. The molecular formula is C20H24ClN3O3S2. The highest BCUT2D eigenvalue weighted by atomic mass is 35.5. The summed E-state index contributed by atoms with van der Waals surface area (Å²) in [7, 11) is -1.62. The minimum absolute atomic E-state index is 0.158. The van der Waals surface area contributed by atoms with Gasteiger partial charge in [-0.3, -0.25) is 4.79 Å². The van der Waals surface area contributed by atoms with Crippen LogP contribution in [0.2, 0.25) is 5.02 Å². The molecule has 0 atom stereocenters. The molecule has 1 N–H and O–H groups in total. The van der Waals surface area contributed by atoms with E-state index in [-0.39, 0.29) is 10.8 Å². The van der Waals surface area contributed by atoms with Crippen molar-refractivity contribution in [2.75, 3.05) is 45.5 Å². The van der Waals surface area contributed by atoms with E-state index < -0.39 is 10.0 Å². The third kappa shape index (κ3) is 5.96. The maximum atomic E-state index is 12.9. The number of thioether (sulfide) groups is 1. The molecule has 0 unspecified atom stereocenters. The number of sulfonamides is 1. The number of rotatable bonds is 7. The molecule has 9 heteroatoms. The number of piperazine rings is 1. The molecule has 156 valence electrons. The molecule has 1 fully saturated rings. The quantitative estimate of drug-likeness (QED) is 0.515. The minimum Gasteiger partial charge on any atom is -0.351 e. The summed E-state index contributed by atoms with van der Waals surface area (Å²) in [5.41, 5.74) is 0.344. The summed E-state index contributed by atoms with van der Waals surface area (Å²) < 4.78 is 27.2. The van der Waals surface area contributed by atoms with Gasteiger partial charge in [0.05, 0.1) is 4.90 Å². The minimum atomic E-state index is -3.59. The molecule has 0 aliphatic carbocycles. The fraction of sp³-hybridized carbons (Fsp3) is 0.350. The van der Waals surface area contributed by atoms with Crippen LogP contribution in [0.3, 0.4) is 0 Å². The van der Waals surface area contributed by atoms with E-state index >= 15 is 0 Å². The molecule has 1 saturated heterocycles. The predicted molar refractivity (Wildman–Crippen MR) is 117 cm³/mol. The summed E-state index contributed by atoms with van der Waals surface area (Å²) in [6, 6.07) is 13.8. The van der Waals surface area contributed by atoms with Crippen LogP contribution in [-0.4, -0.2) is 69.1 Å². The number of halogens is 1. The highest BCUT2D eigenvalue weighted by Crippen LogP contribution is 2.20. The zero-order valence-corrected chi connectivity index (χ0v) is 18.6. The van der Waals surface area contributed by atoms with Crippen LogP contribution in [0.4, 0.5) is 0 Å². The fourth-order valence-corrected chi connectivity index (χ4v) is 5.30. The van der Waals surface area contributed by atoms with Crippen molar-refractivity contribution >= 4 is 39.3 Å². The van der Waals surface area contributed by atoms with Crippen LogP contribution in [0, 0.1) is 0 Å². The third-order valence-corrected chi connectivity index (χ3v) is 7.83. The van der Waals surface area contributed by atoms with Crippen molar-refractivity contribution in [1.29, 1.82) is 0 Å². The highest BCUT2D eigenvalue weighted by molar-refractivity contribution is 7.99. The van der Waals surface area contributed by atoms with Crippen LogP contribution in [0.25, 0.3) is 0 Å². The van der Waals surface area contributed by atoms with Gasteiger partial charge >= 0.3 is 0 Å². The maximum absolute atomic E-state index is 12.9. The first kappa shape index (κ1) is 22.1. The number of likely N-dealkylation sites (N-methyl/N-ethyl adjacent to an activating group) is 1. The Labute approximate surface area is 181 Å². The molecule has 0 aromatic heterocycles. The van der Waals surface area contributed by atoms with Gasteiger partial charge in [0.25, 0.3) is 5.91 Å².